The van der Waals surface area contributed by atoms with Crippen molar-refractivity contribution in [2.75, 3.05) is 0 Å². The Balaban J connectivity index is 2.28. The minimum absolute atomic E-state index is 0.273. The first-order chi connectivity index (χ1) is 10.1. The van der Waals surface area contributed by atoms with Crippen LogP contribution in [0.1, 0.15) is 13.3 Å². The Hall–Kier alpha value is -1.27. The molecule has 0 fully saturated rings. The lowest BCUT2D eigenvalue weighted by Crippen LogP contribution is -2.00. The smallest absolute Gasteiger partial charge is 0.141 e. The molecule has 0 saturated heterocycles. The highest BCUT2D eigenvalue weighted by Crippen LogP contribution is 2.32. The number of para-hydroxylation sites is 1. The number of aryl methyl sites for hydroxylation is 1. The molecule has 0 aliphatic carbocycles. The minimum Gasteiger partial charge on any atom is -0.507 e. The van der Waals surface area contributed by atoms with E-state index in [1.54, 1.807) is 6.07 Å². The van der Waals surface area contributed by atoms with Gasteiger partial charge in [-0.1, -0.05) is 24.6 Å². The van der Waals surface area contributed by atoms with Crippen molar-refractivity contribution >= 4 is 45.2 Å². The number of aromatic nitrogens is 2. The van der Waals surface area contributed by atoms with Gasteiger partial charge in [-0.15, -0.1) is 0 Å². The zero-order valence-corrected chi connectivity index (χ0v) is 14.4. The van der Waals surface area contributed by atoms with Crippen LogP contribution in [0.15, 0.2) is 36.4 Å². The van der Waals surface area contributed by atoms with Gasteiger partial charge in [-0.3, -0.25) is 0 Å². The normalized spacial score (nSPS) is 11.2. The molecular weight excluding hydrogens is 399 g/mol. The summed E-state index contributed by atoms with van der Waals surface area (Å²) in [7, 11) is 0. The SMILES string of the molecule is CCCn1c(-c2ccc(I)c(O)c2)nc2cccc(Cl)c21. The van der Waals surface area contributed by atoms with Crippen molar-refractivity contribution < 1.29 is 5.11 Å². The zero-order valence-electron chi connectivity index (χ0n) is 11.5. The van der Waals surface area contributed by atoms with Gasteiger partial charge in [-0.2, -0.15) is 0 Å². The quantitative estimate of drug-likeness (QED) is 0.609. The number of phenols is 1. The molecule has 3 rings (SSSR count). The Kier molecular flexibility index (Phi) is 4.08. The Morgan fingerprint density at radius 1 is 1.29 bits per heavy atom. The van der Waals surface area contributed by atoms with Crippen molar-refractivity contribution in [3.63, 3.8) is 0 Å². The molecule has 1 heterocycles. The largest absolute Gasteiger partial charge is 0.507 e. The Morgan fingerprint density at radius 3 is 2.81 bits per heavy atom. The van der Waals surface area contributed by atoms with Crippen molar-refractivity contribution in [3.05, 3.63) is 45.0 Å². The number of phenolic OH excluding ortho intramolecular Hbond substituents is 1. The number of halogens is 2. The van der Waals surface area contributed by atoms with Crippen LogP contribution >= 0.6 is 34.2 Å². The van der Waals surface area contributed by atoms with E-state index in [4.69, 9.17) is 16.6 Å². The van der Waals surface area contributed by atoms with E-state index in [1.807, 2.05) is 30.3 Å². The van der Waals surface area contributed by atoms with E-state index in [1.165, 1.54) is 0 Å². The van der Waals surface area contributed by atoms with Gasteiger partial charge in [0.05, 0.1) is 19.6 Å². The molecule has 0 aliphatic rings. The third-order valence-corrected chi connectivity index (χ3v) is 4.59. The highest BCUT2D eigenvalue weighted by atomic mass is 127. The summed E-state index contributed by atoms with van der Waals surface area (Å²) in [4.78, 5) is 4.70. The molecule has 1 aromatic heterocycles. The second-order valence-corrected chi connectivity index (χ2v) is 6.43. The molecule has 0 radical (unpaired) electrons. The highest BCUT2D eigenvalue weighted by molar-refractivity contribution is 14.1. The van der Waals surface area contributed by atoms with Crippen LogP contribution in [0.2, 0.25) is 5.02 Å². The summed E-state index contributed by atoms with van der Waals surface area (Å²) in [6.45, 7) is 2.96. The van der Waals surface area contributed by atoms with Gasteiger partial charge in [0, 0.05) is 12.1 Å². The topological polar surface area (TPSA) is 38.0 Å². The molecule has 108 valence electrons. The second kappa shape index (κ2) is 5.85. The molecule has 0 spiro atoms. The molecule has 0 amide bonds. The van der Waals surface area contributed by atoms with Crippen LogP contribution in [0.4, 0.5) is 0 Å². The van der Waals surface area contributed by atoms with Gasteiger partial charge in [-0.05, 0) is 59.3 Å². The van der Waals surface area contributed by atoms with E-state index in [2.05, 4.69) is 34.1 Å². The number of fused-ring (bicyclic) bond motifs is 1. The minimum atomic E-state index is 0.273. The predicted octanol–water partition coefficient (Wildman–Crippen LogP) is 5.08. The van der Waals surface area contributed by atoms with Gasteiger partial charge in [-0.25, -0.2) is 4.98 Å². The maximum Gasteiger partial charge on any atom is 0.141 e. The van der Waals surface area contributed by atoms with Gasteiger partial charge in [0.1, 0.15) is 11.6 Å². The lowest BCUT2D eigenvalue weighted by atomic mass is 10.2. The van der Waals surface area contributed by atoms with Gasteiger partial charge in [0.25, 0.3) is 0 Å². The summed E-state index contributed by atoms with van der Waals surface area (Å²) < 4.78 is 2.95. The number of imidazole rings is 1. The average molecular weight is 413 g/mol. The second-order valence-electron chi connectivity index (χ2n) is 4.86. The molecule has 0 unspecified atom stereocenters. The monoisotopic (exact) mass is 412 g/mol. The predicted molar refractivity (Wildman–Crippen MR) is 94.9 cm³/mol. The molecule has 1 N–H and O–H groups in total. The van der Waals surface area contributed by atoms with Crippen molar-refractivity contribution in [1.29, 1.82) is 0 Å². The van der Waals surface area contributed by atoms with E-state index in [9.17, 15) is 5.11 Å². The number of hydrogen-bond donors (Lipinski definition) is 1. The molecule has 5 heteroatoms. The third kappa shape index (κ3) is 2.62. The average Bonchev–Trinajstić information content (AvgIpc) is 2.83. The fourth-order valence-corrected chi connectivity index (χ4v) is 3.06. The van der Waals surface area contributed by atoms with Crippen LogP contribution in [0, 0.1) is 3.57 Å². The maximum atomic E-state index is 9.94. The summed E-state index contributed by atoms with van der Waals surface area (Å²) in [5.74, 6) is 1.11. The number of benzene rings is 2. The van der Waals surface area contributed by atoms with Crippen LogP contribution in [0.3, 0.4) is 0 Å². The summed E-state index contributed by atoms with van der Waals surface area (Å²) in [5, 5.41) is 10.6. The fraction of sp³-hybridized carbons (Fsp3) is 0.188. The Bertz CT molecular complexity index is 813. The maximum absolute atomic E-state index is 9.94. The summed E-state index contributed by atoms with van der Waals surface area (Å²) in [6.07, 6.45) is 0.986. The van der Waals surface area contributed by atoms with Gasteiger partial charge in [0.15, 0.2) is 0 Å². The van der Waals surface area contributed by atoms with Crippen LogP contribution in [0.25, 0.3) is 22.4 Å². The van der Waals surface area contributed by atoms with E-state index in [0.29, 0.717) is 5.02 Å². The fourth-order valence-electron chi connectivity index (χ4n) is 2.46. The van der Waals surface area contributed by atoms with E-state index in [0.717, 1.165) is 39.0 Å². The van der Waals surface area contributed by atoms with Crippen molar-refractivity contribution in [2.24, 2.45) is 0 Å². The summed E-state index contributed by atoms with van der Waals surface area (Å²) in [6, 6.07) is 11.4. The first kappa shape index (κ1) is 14.7. The van der Waals surface area contributed by atoms with Crippen molar-refractivity contribution in [1.82, 2.24) is 9.55 Å². The first-order valence-electron chi connectivity index (χ1n) is 6.75. The third-order valence-electron chi connectivity index (χ3n) is 3.37. The van der Waals surface area contributed by atoms with Crippen molar-refractivity contribution in [3.8, 4) is 17.1 Å². The standard InChI is InChI=1S/C16H14ClIN2O/c1-2-8-20-15-11(17)4-3-5-13(15)19-16(20)10-6-7-12(18)14(21)9-10/h3-7,9,21H,2,8H2,1H3. The Labute approximate surface area is 141 Å². The van der Waals surface area contributed by atoms with Gasteiger partial charge < -0.3 is 9.67 Å². The first-order valence-corrected chi connectivity index (χ1v) is 8.21. The highest BCUT2D eigenvalue weighted by Gasteiger charge is 2.15. The molecule has 3 nitrogen and oxygen atoms in total. The Morgan fingerprint density at radius 2 is 2.10 bits per heavy atom. The number of aromatic hydroxyl groups is 1. The van der Waals surface area contributed by atoms with Gasteiger partial charge >= 0.3 is 0 Å². The van der Waals surface area contributed by atoms with Crippen LogP contribution in [-0.4, -0.2) is 14.7 Å². The molecule has 0 saturated carbocycles. The summed E-state index contributed by atoms with van der Waals surface area (Å²) in [5.41, 5.74) is 2.73. The van der Waals surface area contributed by atoms with Gasteiger partial charge in [0.2, 0.25) is 0 Å². The number of hydrogen-bond acceptors (Lipinski definition) is 2. The molecule has 21 heavy (non-hydrogen) atoms. The van der Waals surface area contributed by atoms with Crippen LogP contribution in [-0.2, 0) is 6.54 Å². The van der Waals surface area contributed by atoms with E-state index < -0.39 is 0 Å². The zero-order chi connectivity index (χ0) is 15.0. The molecular formula is C16H14ClIN2O. The molecule has 2 aromatic carbocycles. The van der Waals surface area contributed by atoms with E-state index >= 15 is 0 Å². The van der Waals surface area contributed by atoms with Crippen LogP contribution in [0.5, 0.6) is 5.75 Å². The molecule has 0 atom stereocenters. The summed E-state index contributed by atoms with van der Waals surface area (Å²) >= 11 is 8.45. The molecule has 0 bridgehead atoms. The van der Waals surface area contributed by atoms with Crippen molar-refractivity contribution in [2.45, 2.75) is 19.9 Å². The lowest BCUT2D eigenvalue weighted by Gasteiger charge is -2.09. The van der Waals surface area contributed by atoms with Crippen LogP contribution < -0.4 is 0 Å². The lowest BCUT2D eigenvalue weighted by molar-refractivity contribution is 0.471. The number of nitrogens with zero attached hydrogens (tertiary/aromatic N) is 2. The molecule has 3 aromatic rings. The van der Waals surface area contributed by atoms with E-state index in [-0.39, 0.29) is 5.75 Å². The molecule has 0 aliphatic heterocycles. The number of rotatable bonds is 3.